The number of aromatic nitrogens is 1. The summed E-state index contributed by atoms with van der Waals surface area (Å²) in [6.07, 6.45) is 0.734. The summed E-state index contributed by atoms with van der Waals surface area (Å²) in [4.78, 5) is 22.9. The Morgan fingerprint density at radius 2 is 1.89 bits per heavy atom. The van der Waals surface area contributed by atoms with Crippen LogP contribution < -0.4 is 15.0 Å². The summed E-state index contributed by atoms with van der Waals surface area (Å²) in [5.41, 5.74) is 5.23. The average molecular weight is 491 g/mol. The highest BCUT2D eigenvalue weighted by atomic mass is 32.1. The number of carbonyl (C=O) groups is 1. The van der Waals surface area contributed by atoms with E-state index >= 15 is 0 Å². The Hall–Kier alpha value is -2.94. The van der Waals surface area contributed by atoms with Crippen molar-refractivity contribution < 1.29 is 14.3 Å². The molecule has 4 heterocycles. The summed E-state index contributed by atoms with van der Waals surface area (Å²) in [5, 5.41) is 3.94. The van der Waals surface area contributed by atoms with Crippen molar-refractivity contribution in [1.29, 1.82) is 0 Å². The standard InChI is InChI=1S/C27H30N4O3S/c1-27(2)16-21-24(25(32)29-27)35-26(28-21)31-10-13-34-23-7-6-20(15-22(23)31)19-5-3-4-18(14-19)17-30-8-11-33-12-9-30/h3-7,14-15H,8-13,16-17H2,1-2H3,(H,29,32). The Balaban J connectivity index is 1.31. The van der Waals surface area contributed by atoms with Gasteiger partial charge in [-0.15, -0.1) is 0 Å². The molecule has 0 radical (unpaired) electrons. The molecule has 6 rings (SSSR count). The smallest absolute Gasteiger partial charge is 0.263 e. The number of ether oxygens (including phenoxy) is 2. The number of anilines is 2. The van der Waals surface area contributed by atoms with Gasteiger partial charge in [-0.3, -0.25) is 9.69 Å². The van der Waals surface area contributed by atoms with Crippen LogP contribution in [0.5, 0.6) is 5.75 Å². The number of benzene rings is 2. The molecule has 7 nitrogen and oxygen atoms in total. The van der Waals surface area contributed by atoms with Crippen molar-refractivity contribution in [3.05, 3.63) is 58.6 Å². The molecule has 1 aromatic heterocycles. The quantitative estimate of drug-likeness (QED) is 0.590. The van der Waals surface area contributed by atoms with Crippen LogP contribution in [0.1, 0.15) is 34.8 Å². The largest absolute Gasteiger partial charge is 0.490 e. The Morgan fingerprint density at radius 1 is 1.06 bits per heavy atom. The van der Waals surface area contributed by atoms with Crippen LogP contribution in [0.15, 0.2) is 42.5 Å². The van der Waals surface area contributed by atoms with E-state index in [1.165, 1.54) is 22.5 Å². The molecule has 1 saturated heterocycles. The third-order valence-electron chi connectivity index (χ3n) is 6.78. The number of nitrogens with one attached hydrogen (secondary N) is 1. The fourth-order valence-electron chi connectivity index (χ4n) is 5.04. The van der Waals surface area contributed by atoms with Crippen LogP contribution >= 0.6 is 11.3 Å². The molecule has 0 spiro atoms. The van der Waals surface area contributed by atoms with E-state index < -0.39 is 0 Å². The second-order valence-corrected chi connectivity index (χ2v) is 11.0. The van der Waals surface area contributed by atoms with Gasteiger partial charge in [0.1, 0.15) is 17.2 Å². The first-order valence-electron chi connectivity index (χ1n) is 12.2. The zero-order valence-corrected chi connectivity index (χ0v) is 21.0. The van der Waals surface area contributed by atoms with Crippen LogP contribution in [0.25, 0.3) is 11.1 Å². The fourth-order valence-corrected chi connectivity index (χ4v) is 6.06. The maximum atomic E-state index is 12.7. The van der Waals surface area contributed by atoms with Crippen LogP contribution in [-0.4, -0.2) is 60.8 Å². The van der Waals surface area contributed by atoms with Gasteiger partial charge in [0.25, 0.3) is 5.91 Å². The van der Waals surface area contributed by atoms with Crippen molar-refractivity contribution in [1.82, 2.24) is 15.2 Å². The molecule has 0 saturated carbocycles. The second kappa shape index (κ2) is 8.93. The minimum Gasteiger partial charge on any atom is -0.490 e. The maximum Gasteiger partial charge on any atom is 0.263 e. The molecule has 3 aromatic rings. The minimum atomic E-state index is -0.280. The van der Waals surface area contributed by atoms with Gasteiger partial charge >= 0.3 is 0 Å². The lowest BCUT2D eigenvalue weighted by atomic mass is 9.94. The van der Waals surface area contributed by atoms with Gasteiger partial charge in [0.2, 0.25) is 0 Å². The summed E-state index contributed by atoms with van der Waals surface area (Å²) in [6.45, 7) is 9.85. The van der Waals surface area contributed by atoms with Crippen molar-refractivity contribution in [2.45, 2.75) is 32.4 Å². The maximum absolute atomic E-state index is 12.7. The minimum absolute atomic E-state index is 0.0284. The summed E-state index contributed by atoms with van der Waals surface area (Å²) in [6, 6.07) is 15.1. The second-order valence-electron chi connectivity index (χ2n) is 10.1. The van der Waals surface area contributed by atoms with Crippen molar-refractivity contribution in [2.24, 2.45) is 0 Å². The van der Waals surface area contributed by atoms with E-state index in [1.54, 1.807) is 0 Å². The molecular formula is C27H30N4O3S. The van der Waals surface area contributed by atoms with E-state index in [0.717, 1.165) is 72.0 Å². The highest BCUT2D eigenvalue weighted by Gasteiger charge is 2.34. The van der Waals surface area contributed by atoms with Crippen LogP contribution in [0.3, 0.4) is 0 Å². The molecule has 1 fully saturated rings. The van der Waals surface area contributed by atoms with Gasteiger partial charge in [0.05, 0.1) is 31.1 Å². The van der Waals surface area contributed by atoms with Gasteiger partial charge in [-0.05, 0) is 48.7 Å². The van der Waals surface area contributed by atoms with Crippen LogP contribution in [0.2, 0.25) is 0 Å². The fraction of sp³-hybridized carbons (Fsp3) is 0.407. The van der Waals surface area contributed by atoms with Crippen LogP contribution in [0, 0.1) is 0 Å². The molecule has 3 aliphatic heterocycles. The van der Waals surface area contributed by atoms with Gasteiger partial charge in [-0.2, -0.15) is 0 Å². The predicted molar refractivity (Wildman–Crippen MR) is 138 cm³/mol. The van der Waals surface area contributed by atoms with E-state index in [1.807, 2.05) is 13.8 Å². The molecule has 0 bridgehead atoms. The number of rotatable bonds is 4. The highest BCUT2D eigenvalue weighted by Crippen LogP contribution is 2.42. The summed E-state index contributed by atoms with van der Waals surface area (Å²) in [5.74, 6) is 0.821. The first-order chi connectivity index (χ1) is 16.9. The van der Waals surface area contributed by atoms with E-state index in [-0.39, 0.29) is 11.4 Å². The first-order valence-corrected chi connectivity index (χ1v) is 13.0. The number of morpholine rings is 1. The Kier molecular flexibility index (Phi) is 5.75. The van der Waals surface area contributed by atoms with Crippen molar-refractivity contribution >= 4 is 28.1 Å². The molecule has 2 aromatic carbocycles. The molecule has 0 unspecified atom stereocenters. The van der Waals surface area contributed by atoms with Crippen LogP contribution in [-0.2, 0) is 17.7 Å². The Bertz CT molecular complexity index is 1270. The lowest BCUT2D eigenvalue weighted by Crippen LogP contribution is -2.48. The number of hydrogen-bond acceptors (Lipinski definition) is 7. The Morgan fingerprint density at radius 3 is 2.74 bits per heavy atom. The topological polar surface area (TPSA) is 66.9 Å². The molecule has 8 heteroatoms. The summed E-state index contributed by atoms with van der Waals surface area (Å²) < 4.78 is 11.5. The number of nitrogens with zero attached hydrogens (tertiary/aromatic N) is 3. The molecule has 0 aliphatic carbocycles. The number of thiazole rings is 1. The van der Waals surface area contributed by atoms with E-state index in [9.17, 15) is 4.79 Å². The van der Waals surface area contributed by atoms with Gasteiger partial charge in [-0.25, -0.2) is 4.98 Å². The van der Waals surface area contributed by atoms with Crippen LogP contribution in [0.4, 0.5) is 10.8 Å². The van der Waals surface area contributed by atoms with Gasteiger partial charge in [-0.1, -0.05) is 35.6 Å². The molecule has 1 amide bonds. The van der Waals surface area contributed by atoms with Gasteiger partial charge in [0.15, 0.2) is 5.13 Å². The number of hydrogen-bond donors (Lipinski definition) is 1. The molecule has 35 heavy (non-hydrogen) atoms. The lowest BCUT2D eigenvalue weighted by molar-refractivity contribution is 0.0342. The number of fused-ring (bicyclic) bond motifs is 2. The first kappa shape index (κ1) is 22.5. The van der Waals surface area contributed by atoms with Gasteiger partial charge < -0.3 is 19.7 Å². The zero-order valence-electron chi connectivity index (χ0n) is 20.2. The van der Waals surface area contributed by atoms with E-state index in [4.69, 9.17) is 14.5 Å². The van der Waals surface area contributed by atoms with Crippen molar-refractivity contribution in [3.8, 4) is 16.9 Å². The molecule has 0 atom stereocenters. The molecule has 182 valence electrons. The van der Waals surface area contributed by atoms with Crippen molar-refractivity contribution in [2.75, 3.05) is 44.4 Å². The summed E-state index contributed by atoms with van der Waals surface area (Å²) >= 11 is 1.47. The monoisotopic (exact) mass is 490 g/mol. The highest BCUT2D eigenvalue weighted by molar-refractivity contribution is 7.17. The number of carbonyl (C=O) groups excluding carboxylic acids is 1. The van der Waals surface area contributed by atoms with E-state index in [2.05, 4.69) is 57.6 Å². The molecule has 3 aliphatic rings. The zero-order chi connectivity index (χ0) is 24.0. The third kappa shape index (κ3) is 4.53. The van der Waals surface area contributed by atoms with E-state index in [0.29, 0.717) is 13.2 Å². The molecular weight excluding hydrogens is 460 g/mol. The SMILES string of the molecule is CC1(C)Cc2nc(N3CCOc4ccc(-c5cccc(CN6CCOCC6)c5)cc43)sc2C(=O)N1. The Labute approximate surface area is 209 Å². The normalized spacial score (nSPS) is 19.5. The lowest BCUT2D eigenvalue weighted by Gasteiger charge is -2.30. The number of amides is 1. The average Bonchev–Trinajstić information content (AvgIpc) is 3.27. The predicted octanol–water partition coefficient (Wildman–Crippen LogP) is 4.24. The van der Waals surface area contributed by atoms with Gasteiger partial charge in [0, 0.05) is 31.6 Å². The summed E-state index contributed by atoms with van der Waals surface area (Å²) in [7, 11) is 0. The molecule has 1 N–H and O–H groups in total. The third-order valence-corrected chi connectivity index (χ3v) is 7.90. The van der Waals surface area contributed by atoms with Crippen molar-refractivity contribution in [3.63, 3.8) is 0 Å².